The highest BCUT2D eigenvalue weighted by Gasteiger charge is 2.06. The lowest BCUT2D eigenvalue weighted by molar-refractivity contribution is -0.120. The van der Waals surface area contributed by atoms with Crippen molar-refractivity contribution in [2.75, 3.05) is 18.8 Å². The van der Waals surface area contributed by atoms with E-state index in [9.17, 15) is 9.18 Å². The van der Waals surface area contributed by atoms with Crippen LogP contribution in [-0.4, -0.2) is 30.8 Å². The Balaban J connectivity index is 0.00000361. The van der Waals surface area contributed by atoms with Gasteiger partial charge in [-0.25, -0.2) is 4.39 Å². The Morgan fingerprint density at radius 3 is 2.75 bits per heavy atom. The van der Waals surface area contributed by atoms with E-state index >= 15 is 0 Å². The standard InChI is InChI=1S/C14H21FN2OS.ClH/c1-3-16-11(2)10-17-14(18)8-9-19-13-7-5-4-6-12(13)15;/h4-7,11,16H,3,8-10H2,1-2H3,(H,17,18);1H/t11-;/m1./s1. The number of likely N-dealkylation sites (N-methyl/N-ethyl adjacent to an activating group) is 1. The van der Waals surface area contributed by atoms with Crippen LogP contribution >= 0.6 is 24.2 Å². The largest absolute Gasteiger partial charge is 0.355 e. The lowest BCUT2D eigenvalue weighted by atomic mass is 10.3. The fourth-order valence-electron chi connectivity index (χ4n) is 1.59. The summed E-state index contributed by atoms with van der Waals surface area (Å²) in [7, 11) is 0. The van der Waals surface area contributed by atoms with E-state index < -0.39 is 0 Å². The molecular formula is C14H22ClFN2OS. The lowest BCUT2D eigenvalue weighted by Gasteiger charge is -2.13. The summed E-state index contributed by atoms with van der Waals surface area (Å²) in [4.78, 5) is 12.2. The second-order valence-electron chi connectivity index (χ2n) is 4.29. The fraction of sp³-hybridized carbons (Fsp3) is 0.500. The van der Waals surface area contributed by atoms with Crippen LogP contribution in [0.2, 0.25) is 0 Å². The molecule has 1 rings (SSSR count). The molecule has 0 saturated heterocycles. The molecule has 20 heavy (non-hydrogen) atoms. The number of carbonyl (C=O) groups is 1. The molecule has 1 atom stereocenters. The molecule has 0 unspecified atom stereocenters. The van der Waals surface area contributed by atoms with Gasteiger partial charge in [0, 0.05) is 29.7 Å². The van der Waals surface area contributed by atoms with Crippen LogP contribution in [0, 0.1) is 5.82 Å². The summed E-state index contributed by atoms with van der Waals surface area (Å²) >= 11 is 1.37. The number of halogens is 2. The second kappa shape index (κ2) is 10.9. The van der Waals surface area contributed by atoms with Crippen molar-refractivity contribution in [3.05, 3.63) is 30.1 Å². The number of hydrogen-bond donors (Lipinski definition) is 2. The van der Waals surface area contributed by atoms with Crippen LogP contribution in [0.15, 0.2) is 29.2 Å². The molecule has 0 fully saturated rings. The smallest absolute Gasteiger partial charge is 0.220 e. The molecule has 0 saturated carbocycles. The van der Waals surface area contributed by atoms with Crippen molar-refractivity contribution in [2.24, 2.45) is 0 Å². The second-order valence-corrected chi connectivity index (χ2v) is 5.43. The lowest BCUT2D eigenvalue weighted by Crippen LogP contribution is -2.38. The molecule has 1 amide bonds. The zero-order valence-electron chi connectivity index (χ0n) is 11.8. The van der Waals surface area contributed by atoms with E-state index in [1.807, 2.05) is 13.8 Å². The Labute approximate surface area is 130 Å². The highest BCUT2D eigenvalue weighted by Crippen LogP contribution is 2.21. The Kier molecular flexibility index (Phi) is 10.5. The third kappa shape index (κ3) is 7.72. The monoisotopic (exact) mass is 320 g/mol. The Hall–Kier alpha value is -0.780. The SMILES string of the molecule is CCN[C@H](C)CNC(=O)CCSc1ccccc1F.Cl. The number of thioether (sulfide) groups is 1. The van der Waals surface area contributed by atoms with Gasteiger partial charge in [-0.15, -0.1) is 24.2 Å². The molecule has 1 aromatic rings. The van der Waals surface area contributed by atoms with Crippen molar-refractivity contribution in [3.8, 4) is 0 Å². The van der Waals surface area contributed by atoms with Gasteiger partial charge in [-0.2, -0.15) is 0 Å². The first-order valence-electron chi connectivity index (χ1n) is 6.51. The van der Waals surface area contributed by atoms with E-state index in [4.69, 9.17) is 0 Å². The minimum absolute atomic E-state index is 0. The zero-order valence-corrected chi connectivity index (χ0v) is 13.5. The molecule has 0 aliphatic heterocycles. The molecule has 0 heterocycles. The van der Waals surface area contributed by atoms with Crippen molar-refractivity contribution in [3.63, 3.8) is 0 Å². The molecular weight excluding hydrogens is 299 g/mol. The molecule has 1 aromatic carbocycles. The van der Waals surface area contributed by atoms with Gasteiger partial charge >= 0.3 is 0 Å². The van der Waals surface area contributed by atoms with Gasteiger partial charge in [-0.1, -0.05) is 19.1 Å². The van der Waals surface area contributed by atoms with Gasteiger partial charge in [0.2, 0.25) is 5.91 Å². The van der Waals surface area contributed by atoms with Crippen LogP contribution in [0.1, 0.15) is 20.3 Å². The maximum atomic E-state index is 13.3. The van der Waals surface area contributed by atoms with Gasteiger partial charge < -0.3 is 10.6 Å². The van der Waals surface area contributed by atoms with Crippen molar-refractivity contribution >= 4 is 30.1 Å². The third-order valence-corrected chi connectivity index (χ3v) is 3.63. The van der Waals surface area contributed by atoms with Gasteiger partial charge in [-0.05, 0) is 25.6 Å². The predicted molar refractivity (Wildman–Crippen MR) is 85.1 cm³/mol. The number of carbonyl (C=O) groups excluding carboxylic acids is 1. The Morgan fingerprint density at radius 2 is 2.10 bits per heavy atom. The quantitative estimate of drug-likeness (QED) is 0.724. The van der Waals surface area contributed by atoms with E-state index in [2.05, 4.69) is 10.6 Å². The Bertz CT molecular complexity index is 407. The molecule has 114 valence electrons. The molecule has 0 aromatic heterocycles. The van der Waals surface area contributed by atoms with Crippen LogP contribution in [0.3, 0.4) is 0 Å². The average molecular weight is 321 g/mol. The van der Waals surface area contributed by atoms with Gasteiger partial charge in [0.1, 0.15) is 5.82 Å². The van der Waals surface area contributed by atoms with Crippen LogP contribution in [-0.2, 0) is 4.79 Å². The van der Waals surface area contributed by atoms with Crippen LogP contribution in [0.25, 0.3) is 0 Å². The number of rotatable bonds is 8. The molecule has 3 nitrogen and oxygen atoms in total. The summed E-state index contributed by atoms with van der Waals surface area (Å²) in [6.45, 7) is 5.57. The highest BCUT2D eigenvalue weighted by molar-refractivity contribution is 7.99. The summed E-state index contributed by atoms with van der Waals surface area (Å²) in [5.74, 6) is 0.366. The van der Waals surface area contributed by atoms with Gasteiger partial charge in [0.05, 0.1) is 0 Å². The van der Waals surface area contributed by atoms with E-state index in [0.717, 1.165) is 6.54 Å². The van der Waals surface area contributed by atoms with E-state index in [1.165, 1.54) is 17.8 Å². The topological polar surface area (TPSA) is 41.1 Å². The maximum Gasteiger partial charge on any atom is 0.220 e. The number of amides is 1. The van der Waals surface area contributed by atoms with E-state index in [0.29, 0.717) is 23.6 Å². The maximum absolute atomic E-state index is 13.3. The minimum Gasteiger partial charge on any atom is -0.355 e. The molecule has 2 N–H and O–H groups in total. The van der Waals surface area contributed by atoms with Gasteiger partial charge in [-0.3, -0.25) is 4.79 Å². The Morgan fingerprint density at radius 1 is 1.40 bits per heavy atom. The summed E-state index contributed by atoms with van der Waals surface area (Å²) in [5.41, 5.74) is 0. The fourth-order valence-corrected chi connectivity index (χ4v) is 2.48. The third-order valence-electron chi connectivity index (χ3n) is 2.58. The van der Waals surface area contributed by atoms with E-state index in [-0.39, 0.29) is 30.2 Å². The summed E-state index contributed by atoms with van der Waals surface area (Å²) in [6.07, 6.45) is 0.401. The van der Waals surface area contributed by atoms with Crippen molar-refractivity contribution < 1.29 is 9.18 Å². The van der Waals surface area contributed by atoms with Crippen molar-refractivity contribution in [1.29, 1.82) is 0 Å². The van der Waals surface area contributed by atoms with Gasteiger partial charge in [0.15, 0.2) is 0 Å². The first-order chi connectivity index (χ1) is 9.13. The number of hydrogen-bond acceptors (Lipinski definition) is 3. The summed E-state index contributed by atoms with van der Waals surface area (Å²) in [6, 6.07) is 6.89. The van der Waals surface area contributed by atoms with E-state index in [1.54, 1.807) is 18.2 Å². The summed E-state index contributed by atoms with van der Waals surface area (Å²) in [5, 5.41) is 6.08. The van der Waals surface area contributed by atoms with Crippen molar-refractivity contribution in [2.45, 2.75) is 31.2 Å². The molecule has 6 heteroatoms. The van der Waals surface area contributed by atoms with Crippen LogP contribution in [0.5, 0.6) is 0 Å². The van der Waals surface area contributed by atoms with Crippen LogP contribution in [0.4, 0.5) is 4.39 Å². The normalized spacial score (nSPS) is 11.6. The zero-order chi connectivity index (χ0) is 14.1. The van der Waals surface area contributed by atoms with Crippen molar-refractivity contribution in [1.82, 2.24) is 10.6 Å². The molecule has 0 aliphatic rings. The predicted octanol–water partition coefficient (Wildman–Crippen LogP) is 2.84. The average Bonchev–Trinajstić information content (AvgIpc) is 2.39. The first kappa shape index (κ1) is 19.2. The van der Waals surface area contributed by atoms with Crippen LogP contribution < -0.4 is 10.6 Å². The molecule has 0 spiro atoms. The number of nitrogens with one attached hydrogen (secondary N) is 2. The molecule has 0 aliphatic carbocycles. The first-order valence-corrected chi connectivity index (χ1v) is 7.49. The highest BCUT2D eigenvalue weighted by atomic mass is 35.5. The summed E-state index contributed by atoms with van der Waals surface area (Å²) < 4.78 is 13.3. The number of benzene rings is 1. The van der Waals surface area contributed by atoms with Gasteiger partial charge in [0.25, 0.3) is 0 Å². The minimum atomic E-state index is -0.228. The molecule has 0 radical (unpaired) electrons. The molecule has 0 bridgehead atoms.